The molecular formula is C15H23ClN2. The largest absolute Gasteiger partial charge is 0.329 e. The minimum atomic E-state index is 0.321. The average Bonchev–Trinajstić information content (AvgIpc) is 2.64. The topological polar surface area (TPSA) is 29.3 Å². The molecule has 1 fully saturated rings. The van der Waals surface area contributed by atoms with Gasteiger partial charge in [-0.25, -0.2) is 0 Å². The Kier molecular flexibility index (Phi) is 5.04. The molecule has 1 aromatic rings. The highest BCUT2D eigenvalue weighted by atomic mass is 35.5. The zero-order valence-corrected chi connectivity index (χ0v) is 11.9. The van der Waals surface area contributed by atoms with E-state index in [4.69, 9.17) is 17.3 Å². The van der Waals surface area contributed by atoms with E-state index in [9.17, 15) is 0 Å². The predicted molar refractivity (Wildman–Crippen MR) is 78.0 cm³/mol. The van der Waals surface area contributed by atoms with Gasteiger partial charge in [-0.1, -0.05) is 36.6 Å². The van der Waals surface area contributed by atoms with E-state index in [0.29, 0.717) is 12.6 Å². The van der Waals surface area contributed by atoms with Gasteiger partial charge >= 0.3 is 0 Å². The van der Waals surface area contributed by atoms with Crippen molar-refractivity contribution in [2.75, 3.05) is 19.6 Å². The van der Waals surface area contributed by atoms with Crippen LogP contribution in [0.4, 0.5) is 0 Å². The monoisotopic (exact) mass is 266 g/mol. The zero-order valence-electron chi connectivity index (χ0n) is 11.2. The van der Waals surface area contributed by atoms with Gasteiger partial charge in [-0.05, 0) is 50.0 Å². The van der Waals surface area contributed by atoms with Gasteiger partial charge in [0, 0.05) is 17.6 Å². The first-order chi connectivity index (χ1) is 8.72. The molecule has 0 aliphatic carbocycles. The van der Waals surface area contributed by atoms with E-state index < -0.39 is 0 Å². The third kappa shape index (κ3) is 3.25. The van der Waals surface area contributed by atoms with Gasteiger partial charge in [0.15, 0.2) is 0 Å². The zero-order chi connectivity index (χ0) is 13.0. The number of hydrogen-bond acceptors (Lipinski definition) is 2. The lowest BCUT2D eigenvalue weighted by atomic mass is 10.0. The highest BCUT2D eigenvalue weighted by Crippen LogP contribution is 2.26. The summed E-state index contributed by atoms with van der Waals surface area (Å²) in [5.74, 6) is 0. The van der Waals surface area contributed by atoms with Crippen LogP contribution in [-0.2, 0) is 0 Å². The van der Waals surface area contributed by atoms with Crippen molar-refractivity contribution in [1.29, 1.82) is 0 Å². The molecule has 0 radical (unpaired) electrons. The van der Waals surface area contributed by atoms with E-state index >= 15 is 0 Å². The van der Waals surface area contributed by atoms with Crippen LogP contribution in [0.2, 0.25) is 5.02 Å². The number of rotatable bonds is 3. The molecule has 1 aliphatic heterocycles. The smallest absolute Gasteiger partial charge is 0.0470 e. The van der Waals surface area contributed by atoms with Gasteiger partial charge in [0.2, 0.25) is 0 Å². The van der Waals surface area contributed by atoms with E-state index in [2.05, 4.69) is 23.1 Å². The molecule has 18 heavy (non-hydrogen) atoms. The maximum atomic E-state index is 6.23. The maximum absolute atomic E-state index is 6.23. The third-order valence-corrected chi connectivity index (χ3v) is 4.29. The quantitative estimate of drug-likeness (QED) is 0.907. The summed E-state index contributed by atoms with van der Waals surface area (Å²) in [5, 5.41) is 0.848. The number of halogens is 1. The number of aryl methyl sites for hydroxylation is 1. The van der Waals surface area contributed by atoms with Crippen LogP contribution in [-0.4, -0.2) is 24.5 Å². The Bertz CT molecular complexity index is 384. The first-order valence-corrected chi connectivity index (χ1v) is 7.30. The standard InChI is InChI=1S/C15H23ClN2/c1-12-6-7-13(10-14(12)16)15(11-17)18-8-4-2-3-5-9-18/h6-7,10,15H,2-5,8-9,11,17H2,1H3. The van der Waals surface area contributed by atoms with Crippen LogP contribution in [0.5, 0.6) is 0 Å². The number of nitrogens with two attached hydrogens (primary N) is 1. The minimum Gasteiger partial charge on any atom is -0.329 e. The first kappa shape index (κ1) is 13.9. The fourth-order valence-corrected chi connectivity index (χ4v) is 2.91. The molecule has 1 aromatic carbocycles. The summed E-state index contributed by atoms with van der Waals surface area (Å²) < 4.78 is 0. The van der Waals surface area contributed by atoms with Crippen molar-refractivity contribution in [3.8, 4) is 0 Å². The van der Waals surface area contributed by atoms with Crippen molar-refractivity contribution in [2.24, 2.45) is 5.73 Å². The van der Waals surface area contributed by atoms with Crippen LogP contribution in [0.3, 0.4) is 0 Å². The summed E-state index contributed by atoms with van der Waals surface area (Å²) in [6.07, 6.45) is 5.27. The molecule has 0 saturated carbocycles. The fourth-order valence-electron chi connectivity index (χ4n) is 2.72. The fraction of sp³-hybridized carbons (Fsp3) is 0.600. The highest BCUT2D eigenvalue weighted by Gasteiger charge is 2.20. The van der Waals surface area contributed by atoms with Gasteiger partial charge in [0.1, 0.15) is 0 Å². The summed E-state index contributed by atoms with van der Waals surface area (Å²) in [6, 6.07) is 6.67. The Morgan fingerprint density at radius 3 is 2.44 bits per heavy atom. The molecule has 2 nitrogen and oxygen atoms in total. The van der Waals surface area contributed by atoms with Gasteiger partial charge in [-0.2, -0.15) is 0 Å². The van der Waals surface area contributed by atoms with Gasteiger partial charge < -0.3 is 5.73 Å². The normalized spacial score (nSPS) is 19.5. The molecular weight excluding hydrogens is 244 g/mol. The van der Waals surface area contributed by atoms with Crippen LogP contribution >= 0.6 is 11.6 Å². The molecule has 0 aromatic heterocycles. The maximum Gasteiger partial charge on any atom is 0.0470 e. The Balaban J connectivity index is 2.17. The minimum absolute atomic E-state index is 0.321. The molecule has 1 saturated heterocycles. The lowest BCUT2D eigenvalue weighted by molar-refractivity contribution is 0.210. The van der Waals surface area contributed by atoms with E-state index in [-0.39, 0.29) is 0 Å². The van der Waals surface area contributed by atoms with Gasteiger partial charge in [-0.15, -0.1) is 0 Å². The molecule has 2 N–H and O–H groups in total. The molecule has 1 unspecified atom stereocenters. The number of likely N-dealkylation sites (tertiary alicyclic amines) is 1. The summed E-state index contributed by atoms with van der Waals surface area (Å²) in [5.41, 5.74) is 8.38. The van der Waals surface area contributed by atoms with Crippen molar-refractivity contribution < 1.29 is 0 Å². The summed E-state index contributed by atoms with van der Waals surface area (Å²) in [6.45, 7) is 5.02. The van der Waals surface area contributed by atoms with Gasteiger partial charge in [0.25, 0.3) is 0 Å². The second-order valence-corrected chi connectivity index (χ2v) is 5.62. The average molecular weight is 267 g/mol. The van der Waals surface area contributed by atoms with Crippen LogP contribution in [0.25, 0.3) is 0 Å². The molecule has 0 spiro atoms. The van der Waals surface area contributed by atoms with E-state index in [1.807, 2.05) is 6.92 Å². The van der Waals surface area contributed by atoms with Crippen LogP contribution in [0.1, 0.15) is 42.9 Å². The number of nitrogens with zero attached hydrogens (tertiary/aromatic N) is 1. The molecule has 1 atom stereocenters. The van der Waals surface area contributed by atoms with Crippen LogP contribution in [0, 0.1) is 6.92 Å². The van der Waals surface area contributed by atoms with Crippen molar-refractivity contribution >= 4 is 11.6 Å². The summed E-state index contributed by atoms with van der Waals surface area (Å²) in [4.78, 5) is 2.52. The molecule has 1 aliphatic rings. The predicted octanol–water partition coefficient (Wildman–Crippen LogP) is 3.52. The molecule has 0 amide bonds. The lowest BCUT2D eigenvalue weighted by Gasteiger charge is -2.30. The van der Waals surface area contributed by atoms with Crippen molar-refractivity contribution in [1.82, 2.24) is 4.90 Å². The Morgan fingerprint density at radius 1 is 1.22 bits per heavy atom. The van der Waals surface area contributed by atoms with Crippen LogP contribution in [0.15, 0.2) is 18.2 Å². The molecule has 0 bridgehead atoms. The van der Waals surface area contributed by atoms with Crippen molar-refractivity contribution in [2.45, 2.75) is 38.6 Å². The van der Waals surface area contributed by atoms with E-state index in [1.54, 1.807) is 0 Å². The summed E-state index contributed by atoms with van der Waals surface area (Å²) in [7, 11) is 0. The Morgan fingerprint density at radius 2 is 1.89 bits per heavy atom. The molecule has 2 rings (SSSR count). The second-order valence-electron chi connectivity index (χ2n) is 5.21. The summed E-state index contributed by atoms with van der Waals surface area (Å²) >= 11 is 6.23. The van der Waals surface area contributed by atoms with Crippen molar-refractivity contribution in [3.63, 3.8) is 0 Å². The van der Waals surface area contributed by atoms with Gasteiger partial charge in [0.05, 0.1) is 0 Å². The molecule has 3 heteroatoms. The Hall–Kier alpha value is -0.570. The number of benzene rings is 1. The SMILES string of the molecule is Cc1ccc(C(CN)N2CCCCCC2)cc1Cl. The third-order valence-electron chi connectivity index (χ3n) is 3.89. The van der Waals surface area contributed by atoms with Gasteiger partial charge in [-0.3, -0.25) is 4.90 Å². The Labute approximate surface area is 115 Å². The van der Waals surface area contributed by atoms with E-state index in [1.165, 1.54) is 31.2 Å². The van der Waals surface area contributed by atoms with Crippen molar-refractivity contribution in [3.05, 3.63) is 34.3 Å². The lowest BCUT2D eigenvalue weighted by Crippen LogP contribution is -2.34. The molecule has 1 heterocycles. The van der Waals surface area contributed by atoms with E-state index in [0.717, 1.165) is 23.7 Å². The second kappa shape index (κ2) is 6.55. The highest BCUT2D eigenvalue weighted by molar-refractivity contribution is 6.31. The number of hydrogen-bond donors (Lipinski definition) is 1. The molecule has 100 valence electrons. The first-order valence-electron chi connectivity index (χ1n) is 6.92. The van der Waals surface area contributed by atoms with Crippen LogP contribution < -0.4 is 5.73 Å².